The number of aryl methyl sites for hydroxylation is 1. The number of fused-ring (bicyclic) bond motifs is 1. The van der Waals surface area contributed by atoms with Gasteiger partial charge in [-0.1, -0.05) is 6.07 Å². The molecule has 0 radical (unpaired) electrons. The predicted octanol–water partition coefficient (Wildman–Crippen LogP) is 1.19. The molecular weight excluding hydrogens is 216 g/mol. The van der Waals surface area contributed by atoms with Crippen molar-refractivity contribution in [2.45, 2.75) is 25.3 Å². The fraction of sp³-hybridized carbons (Fsp3) is 0.462. The Kier molecular flexibility index (Phi) is 3.33. The van der Waals surface area contributed by atoms with Crippen molar-refractivity contribution in [3.63, 3.8) is 0 Å². The third kappa shape index (κ3) is 2.58. The number of phenolic OH excluding ortho intramolecular Hbond substituents is 1. The number of likely N-dealkylation sites (N-methyl/N-ethyl adjacent to an activating group) is 1. The van der Waals surface area contributed by atoms with Gasteiger partial charge in [-0.15, -0.1) is 0 Å². The summed E-state index contributed by atoms with van der Waals surface area (Å²) in [5, 5.41) is 9.56. The third-order valence-corrected chi connectivity index (χ3v) is 3.35. The van der Waals surface area contributed by atoms with Crippen LogP contribution in [0, 0.1) is 0 Å². The zero-order valence-electron chi connectivity index (χ0n) is 10.0. The van der Waals surface area contributed by atoms with Gasteiger partial charge in [0.1, 0.15) is 5.75 Å². The normalized spacial score (nSPS) is 19.1. The van der Waals surface area contributed by atoms with Gasteiger partial charge in [-0.05, 0) is 49.6 Å². The second kappa shape index (κ2) is 4.75. The Morgan fingerprint density at radius 1 is 1.59 bits per heavy atom. The van der Waals surface area contributed by atoms with Crippen molar-refractivity contribution in [2.75, 3.05) is 13.6 Å². The lowest BCUT2D eigenvalue weighted by Crippen LogP contribution is -2.35. The molecule has 1 aliphatic rings. The summed E-state index contributed by atoms with van der Waals surface area (Å²) in [6, 6.07) is 5.67. The first-order chi connectivity index (χ1) is 8.08. The number of primary amides is 1. The van der Waals surface area contributed by atoms with Crippen molar-refractivity contribution in [3.05, 3.63) is 29.3 Å². The minimum Gasteiger partial charge on any atom is -0.508 e. The fourth-order valence-corrected chi connectivity index (χ4v) is 2.58. The molecule has 1 unspecified atom stereocenters. The number of aromatic hydroxyl groups is 1. The van der Waals surface area contributed by atoms with E-state index >= 15 is 0 Å². The molecular formula is C13H18N2O2. The maximum Gasteiger partial charge on any atom is 0.231 e. The average Bonchev–Trinajstić information content (AvgIpc) is 2.27. The zero-order chi connectivity index (χ0) is 12.4. The largest absolute Gasteiger partial charge is 0.508 e. The molecule has 4 heteroatoms. The van der Waals surface area contributed by atoms with Crippen LogP contribution in [0.3, 0.4) is 0 Å². The van der Waals surface area contributed by atoms with E-state index in [0.717, 1.165) is 24.8 Å². The van der Waals surface area contributed by atoms with Gasteiger partial charge in [0.25, 0.3) is 0 Å². The first-order valence-electron chi connectivity index (χ1n) is 5.88. The Morgan fingerprint density at radius 2 is 2.35 bits per heavy atom. The molecule has 4 nitrogen and oxygen atoms in total. The number of rotatable bonds is 3. The highest BCUT2D eigenvalue weighted by molar-refractivity contribution is 5.76. The zero-order valence-corrected chi connectivity index (χ0v) is 10.0. The van der Waals surface area contributed by atoms with Crippen LogP contribution in [0.5, 0.6) is 5.75 Å². The topological polar surface area (TPSA) is 66.6 Å². The smallest absolute Gasteiger partial charge is 0.231 e. The minimum absolute atomic E-state index is 0.179. The molecule has 17 heavy (non-hydrogen) atoms. The number of carbonyl (C=O) groups excluding carboxylic acids is 1. The molecule has 1 aliphatic carbocycles. The average molecular weight is 234 g/mol. The summed E-state index contributed by atoms with van der Waals surface area (Å²) in [6.07, 6.45) is 3.14. The van der Waals surface area contributed by atoms with E-state index in [1.165, 1.54) is 5.56 Å². The van der Waals surface area contributed by atoms with Crippen molar-refractivity contribution in [2.24, 2.45) is 5.73 Å². The highest BCUT2D eigenvalue weighted by Gasteiger charge is 2.24. The van der Waals surface area contributed by atoms with Crippen molar-refractivity contribution in [1.29, 1.82) is 0 Å². The van der Waals surface area contributed by atoms with Crippen LogP contribution in [0.2, 0.25) is 0 Å². The van der Waals surface area contributed by atoms with E-state index in [-0.39, 0.29) is 24.2 Å². The van der Waals surface area contributed by atoms with E-state index in [2.05, 4.69) is 0 Å². The molecule has 1 atom stereocenters. The number of phenols is 1. The Bertz CT molecular complexity index is 431. The van der Waals surface area contributed by atoms with Crippen LogP contribution >= 0.6 is 0 Å². The lowest BCUT2D eigenvalue weighted by molar-refractivity contribution is -0.119. The first-order valence-corrected chi connectivity index (χ1v) is 5.88. The molecule has 1 amide bonds. The second-order valence-electron chi connectivity index (χ2n) is 4.67. The number of hydrogen-bond acceptors (Lipinski definition) is 3. The summed E-state index contributed by atoms with van der Waals surface area (Å²) in [4.78, 5) is 12.9. The molecule has 0 aliphatic heterocycles. The van der Waals surface area contributed by atoms with E-state index in [0.29, 0.717) is 0 Å². The Labute approximate surface area is 101 Å². The monoisotopic (exact) mass is 234 g/mol. The maximum atomic E-state index is 11.0. The Balaban J connectivity index is 2.27. The van der Waals surface area contributed by atoms with Gasteiger partial charge in [-0.3, -0.25) is 9.69 Å². The van der Waals surface area contributed by atoms with Gasteiger partial charge in [0.15, 0.2) is 0 Å². The van der Waals surface area contributed by atoms with Crippen LogP contribution in [0.25, 0.3) is 0 Å². The van der Waals surface area contributed by atoms with E-state index in [9.17, 15) is 9.90 Å². The van der Waals surface area contributed by atoms with Gasteiger partial charge in [-0.25, -0.2) is 0 Å². The van der Waals surface area contributed by atoms with Crippen molar-refractivity contribution >= 4 is 5.91 Å². The summed E-state index contributed by atoms with van der Waals surface area (Å²) in [5.41, 5.74) is 7.60. The number of amides is 1. The molecule has 0 spiro atoms. The third-order valence-electron chi connectivity index (χ3n) is 3.35. The van der Waals surface area contributed by atoms with Gasteiger partial charge in [-0.2, -0.15) is 0 Å². The molecule has 92 valence electrons. The molecule has 0 heterocycles. The highest BCUT2D eigenvalue weighted by atomic mass is 16.3. The minimum atomic E-state index is -0.320. The van der Waals surface area contributed by atoms with Crippen molar-refractivity contribution in [3.8, 4) is 5.75 Å². The molecule has 1 aromatic rings. The van der Waals surface area contributed by atoms with Gasteiger partial charge in [0, 0.05) is 6.04 Å². The highest BCUT2D eigenvalue weighted by Crippen LogP contribution is 2.35. The molecule has 1 aromatic carbocycles. The molecule has 0 aromatic heterocycles. The lowest BCUT2D eigenvalue weighted by atomic mass is 9.87. The summed E-state index contributed by atoms with van der Waals surface area (Å²) in [7, 11) is 1.90. The van der Waals surface area contributed by atoms with E-state index in [1.54, 1.807) is 12.1 Å². The second-order valence-corrected chi connectivity index (χ2v) is 4.67. The number of nitrogens with two attached hydrogens (primary N) is 1. The van der Waals surface area contributed by atoms with Gasteiger partial charge in [0.05, 0.1) is 6.54 Å². The van der Waals surface area contributed by atoms with Crippen LogP contribution in [-0.4, -0.2) is 29.5 Å². The van der Waals surface area contributed by atoms with E-state index in [4.69, 9.17) is 5.73 Å². The summed E-state index contributed by atoms with van der Waals surface area (Å²) < 4.78 is 0. The van der Waals surface area contributed by atoms with Crippen molar-refractivity contribution in [1.82, 2.24) is 4.90 Å². The number of nitrogens with zero attached hydrogens (tertiary/aromatic N) is 1. The molecule has 2 rings (SSSR count). The standard InChI is InChI=1S/C13H18N2O2/c1-15(8-13(14)17)12-4-2-3-9-5-6-10(16)7-11(9)12/h5-7,12,16H,2-4,8H2,1H3,(H2,14,17). The quantitative estimate of drug-likeness (QED) is 0.825. The number of hydrogen-bond donors (Lipinski definition) is 2. The summed E-state index contributed by atoms with van der Waals surface area (Å²) in [6.45, 7) is 0.250. The summed E-state index contributed by atoms with van der Waals surface area (Å²) >= 11 is 0. The van der Waals surface area contributed by atoms with E-state index < -0.39 is 0 Å². The number of benzene rings is 1. The Hall–Kier alpha value is -1.55. The van der Waals surface area contributed by atoms with Crippen LogP contribution in [0.4, 0.5) is 0 Å². The molecule has 0 saturated heterocycles. The van der Waals surface area contributed by atoms with Crippen LogP contribution < -0.4 is 5.73 Å². The molecule has 0 saturated carbocycles. The van der Waals surface area contributed by atoms with E-state index in [1.807, 2.05) is 18.0 Å². The first kappa shape index (κ1) is 11.9. The summed E-state index contributed by atoms with van der Waals surface area (Å²) in [5.74, 6) is -0.0390. The van der Waals surface area contributed by atoms with Crippen LogP contribution in [-0.2, 0) is 11.2 Å². The SMILES string of the molecule is CN(CC(N)=O)C1CCCc2ccc(O)cc21. The van der Waals surface area contributed by atoms with Gasteiger partial charge < -0.3 is 10.8 Å². The Morgan fingerprint density at radius 3 is 3.06 bits per heavy atom. The van der Waals surface area contributed by atoms with Gasteiger partial charge in [0.2, 0.25) is 5.91 Å². The lowest BCUT2D eigenvalue weighted by Gasteiger charge is -2.32. The van der Waals surface area contributed by atoms with Crippen LogP contribution in [0.1, 0.15) is 30.0 Å². The van der Waals surface area contributed by atoms with Crippen LogP contribution in [0.15, 0.2) is 18.2 Å². The van der Waals surface area contributed by atoms with Crippen molar-refractivity contribution < 1.29 is 9.90 Å². The molecule has 0 fully saturated rings. The number of carbonyl (C=O) groups is 1. The predicted molar refractivity (Wildman–Crippen MR) is 65.6 cm³/mol. The fourth-order valence-electron chi connectivity index (χ4n) is 2.58. The van der Waals surface area contributed by atoms with Gasteiger partial charge >= 0.3 is 0 Å². The maximum absolute atomic E-state index is 11.0. The molecule has 0 bridgehead atoms. The molecule has 3 N–H and O–H groups in total.